The van der Waals surface area contributed by atoms with E-state index >= 15 is 0 Å². The highest BCUT2D eigenvalue weighted by atomic mass is 32.2. The molecule has 0 radical (unpaired) electrons. The van der Waals surface area contributed by atoms with E-state index in [1.54, 1.807) is 11.8 Å². The third-order valence-electron chi connectivity index (χ3n) is 3.02. The summed E-state index contributed by atoms with van der Waals surface area (Å²) in [7, 11) is 0. The van der Waals surface area contributed by atoms with Crippen molar-refractivity contribution in [1.29, 1.82) is 5.26 Å². The summed E-state index contributed by atoms with van der Waals surface area (Å²) in [6.45, 7) is 0. The Bertz CT molecular complexity index is 375. The Labute approximate surface area is 110 Å². The fraction of sp³-hybridized carbons (Fsp3) is 0.636. The van der Waals surface area contributed by atoms with Crippen molar-refractivity contribution in [3.63, 3.8) is 0 Å². The number of thiocarbonyl (C=S) groups is 1. The van der Waals surface area contributed by atoms with Crippen LogP contribution in [-0.4, -0.2) is 16.1 Å². The van der Waals surface area contributed by atoms with Gasteiger partial charge in [-0.2, -0.15) is 5.26 Å². The third kappa shape index (κ3) is 2.24. The van der Waals surface area contributed by atoms with E-state index in [4.69, 9.17) is 17.5 Å². The van der Waals surface area contributed by atoms with E-state index in [0.717, 1.165) is 17.1 Å². The number of nitrogens with one attached hydrogen (secondary N) is 1. The molecule has 0 aromatic rings. The van der Waals surface area contributed by atoms with Crippen molar-refractivity contribution in [3.8, 4) is 6.07 Å². The normalized spacial score (nSPS) is 24.1. The summed E-state index contributed by atoms with van der Waals surface area (Å²) in [5.41, 5.74) is 0.656. The molecule has 0 amide bonds. The summed E-state index contributed by atoms with van der Waals surface area (Å²) in [6, 6.07) is 2.21. The summed E-state index contributed by atoms with van der Waals surface area (Å²) in [6.07, 6.45) is 8.16. The van der Waals surface area contributed by atoms with Gasteiger partial charge in [0.2, 0.25) is 0 Å². The summed E-state index contributed by atoms with van der Waals surface area (Å²) < 4.78 is 1.09. The monoisotopic (exact) mass is 270 g/mol. The van der Waals surface area contributed by atoms with E-state index in [1.807, 2.05) is 18.0 Å². The fourth-order valence-corrected chi connectivity index (χ4v) is 5.16. The zero-order valence-electron chi connectivity index (χ0n) is 9.21. The highest BCUT2D eigenvalue weighted by molar-refractivity contribution is 8.22. The van der Waals surface area contributed by atoms with Crippen LogP contribution in [0.2, 0.25) is 0 Å². The van der Waals surface area contributed by atoms with E-state index in [2.05, 4.69) is 11.4 Å². The first-order valence-electron chi connectivity index (χ1n) is 5.41. The third-order valence-corrected chi connectivity index (χ3v) is 5.94. The van der Waals surface area contributed by atoms with E-state index in [1.165, 1.54) is 19.3 Å². The smallest absolute Gasteiger partial charge is 0.120 e. The molecule has 1 N–H and O–H groups in total. The van der Waals surface area contributed by atoms with Crippen LogP contribution < -0.4 is 5.32 Å². The summed E-state index contributed by atoms with van der Waals surface area (Å²) in [4.78, 5) is 0.723. The number of nitrogens with zero attached hydrogens (tertiary/aromatic N) is 1. The molecule has 1 aliphatic heterocycles. The standard InChI is InChI=1S/C11H14N2S3/c1-15-10-8(7-12)9(14)13-11(16-10)5-3-2-4-6-11/h2-6H2,1H3,(H,13,14). The van der Waals surface area contributed by atoms with Crippen LogP contribution in [0.3, 0.4) is 0 Å². The average Bonchev–Trinajstić information content (AvgIpc) is 2.29. The maximum absolute atomic E-state index is 9.09. The molecule has 0 aromatic heterocycles. The lowest BCUT2D eigenvalue weighted by Gasteiger charge is -2.41. The van der Waals surface area contributed by atoms with Gasteiger partial charge < -0.3 is 5.32 Å². The molecule has 5 heteroatoms. The molecule has 0 atom stereocenters. The highest BCUT2D eigenvalue weighted by Gasteiger charge is 2.39. The van der Waals surface area contributed by atoms with E-state index in [-0.39, 0.29) is 4.87 Å². The maximum atomic E-state index is 9.09. The van der Waals surface area contributed by atoms with Gasteiger partial charge in [0.05, 0.1) is 9.11 Å². The van der Waals surface area contributed by atoms with Gasteiger partial charge in [0.15, 0.2) is 0 Å². The maximum Gasteiger partial charge on any atom is 0.120 e. The van der Waals surface area contributed by atoms with Gasteiger partial charge in [-0.05, 0) is 19.1 Å². The predicted molar refractivity (Wildman–Crippen MR) is 75.3 cm³/mol. The van der Waals surface area contributed by atoms with Crippen LogP contribution in [0.5, 0.6) is 0 Å². The molecule has 2 aliphatic rings. The zero-order chi connectivity index (χ0) is 11.6. The fourth-order valence-electron chi connectivity index (χ4n) is 2.21. The number of thioether (sulfide) groups is 2. The van der Waals surface area contributed by atoms with Crippen molar-refractivity contribution < 1.29 is 0 Å². The molecule has 2 nitrogen and oxygen atoms in total. The van der Waals surface area contributed by atoms with Crippen LogP contribution in [0.25, 0.3) is 0 Å². The number of hydrogen-bond acceptors (Lipinski definition) is 4. The van der Waals surface area contributed by atoms with Gasteiger partial charge in [0, 0.05) is 0 Å². The molecule has 16 heavy (non-hydrogen) atoms. The lowest BCUT2D eigenvalue weighted by atomic mass is 9.94. The minimum atomic E-state index is 0.0774. The molecule has 0 aromatic carbocycles. The molecule has 1 fully saturated rings. The summed E-state index contributed by atoms with van der Waals surface area (Å²) >= 11 is 8.76. The molecule has 0 saturated heterocycles. The zero-order valence-corrected chi connectivity index (χ0v) is 11.7. The summed E-state index contributed by atoms with van der Waals surface area (Å²) in [5.74, 6) is 0. The van der Waals surface area contributed by atoms with Crippen molar-refractivity contribution in [3.05, 3.63) is 9.81 Å². The first kappa shape index (κ1) is 12.3. The quantitative estimate of drug-likeness (QED) is 0.739. The van der Waals surface area contributed by atoms with Crippen molar-refractivity contribution in [2.24, 2.45) is 0 Å². The molecule has 2 rings (SSSR count). The van der Waals surface area contributed by atoms with Gasteiger partial charge >= 0.3 is 0 Å². The topological polar surface area (TPSA) is 35.8 Å². The lowest BCUT2D eigenvalue weighted by Crippen LogP contribution is -2.49. The van der Waals surface area contributed by atoms with E-state index in [9.17, 15) is 0 Å². The molecule has 1 spiro atoms. The predicted octanol–water partition coefficient (Wildman–Crippen LogP) is 3.41. The molecule has 0 unspecified atom stereocenters. The molecule has 1 aliphatic carbocycles. The van der Waals surface area contributed by atoms with Crippen molar-refractivity contribution in [1.82, 2.24) is 5.32 Å². The Morgan fingerprint density at radius 1 is 1.44 bits per heavy atom. The first-order valence-corrected chi connectivity index (χ1v) is 7.85. The Hall–Kier alpha value is -0.180. The van der Waals surface area contributed by atoms with Gasteiger partial charge in [-0.1, -0.05) is 43.2 Å². The minimum Gasteiger partial charge on any atom is -0.360 e. The van der Waals surface area contributed by atoms with Crippen molar-refractivity contribution in [2.75, 3.05) is 6.26 Å². The molecular weight excluding hydrogens is 256 g/mol. The van der Waals surface area contributed by atoms with Gasteiger partial charge in [-0.25, -0.2) is 0 Å². The first-order chi connectivity index (χ1) is 7.71. The summed E-state index contributed by atoms with van der Waals surface area (Å²) in [5, 5.41) is 12.5. The second-order valence-electron chi connectivity index (χ2n) is 4.09. The van der Waals surface area contributed by atoms with Crippen molar-refractivity contribution >= 4 is 40.7 Å². The number of rotatable bonds is 1. The molecule has 86 valence electrons. The highest BCUT2D eigenvalue weighted by Crippen LogP contribution is 2.48. The second-order valence-corrected chi connectivity index (χ2v) is 6.97. The molecule has 0 bridgehead atoms. The van der Waals surface area contributed by atoms with Crippen molar-refractivity contribution in [2.45, 2.75) is 37.0 Å². The van der Waals surface area contributed by atoms with Gasteiger partial charge in [0.1, 0.15) is 16.6 Å². The van der Waals surface area contributed by atoms with Gasteiger partial charge in [-0.3, -0.25) is 0 Å². The number of nitriles is 1. The number of hydrogen-bond donors (Lipinski definition) is 1. The Morgan fingerprint density at radius 3 is 2.69 bits per heavy atom. The van der Waals surface area contributed by atoms with E-state index < -0.39 is 0 Å². The van der Waals surface area contributed by atoms with Crippen LogP contribution in [0, 0.1) is 11.3 Å². The van der Waals surface area contributed by atoms with Crippen LogP contribution in [0.15, 0.2) is 9.81 Å². The Morgan fingerprint density at radius 2 is 2.12 bits per heavy atom. The second kappa shape index (κ2) is 4.99. The largest absolute Gasteiger partial charge is 0.360 e. The van der Waals surface area contributed by atoms with Crippen LogP contribution in [0.1, 0.15) is 32.1 Å². The lowest BCUT2D eigenvalue weighted by molar-refractivity contribution is 0.379. The minimum absolute atomic E-state index is 0.0774. The average molecular weight is 270 g/mol. The van der Waals surface area contributed by atoms with E-state index in [0.29, 0.717) is 10.6 Å². The van der Waals surface area contributed by atoms with Crippen LogP contribution in [0.4, 0.5) is 0 Å². The van der Waals surface area contributed by atoms with Gasteiger partial charge in [0.25, 0.3) is 0 Å². The molecule has 1 heterocycles. The SMILES string of the molecule is CSC1=C(C#N)C(=S)NC2(CCCCC2)S1. The molecule has 1 saturated carbocycles. The van der Waals surface area contributed by atoms with Gasteiger partial charge in [-0.15, -0.1) is 11.8 Å². The Kier molecular flexibility index (Phi) is 3.83. The van der Waals surface area contributed by atoms with Crippen LogP contribution in [-0.2, 0) is 0 Å². The molecular formula is C11H14N2S3. The van der Waals surface area contributed by atoms with Crippen LogP contribution >= 0.6 is 35.7 Å². The Balaban J connectivity index is 2.28.